The number of fused-ring (bicyclic) bond motifs is 1. The summed E-state index contributed by atoms with van der Waals surface area (Å²) >= 11 is 5.09. The molecule has 0 saturated carbocycles. The van der Waals surface area contributed by atoms with Gasteiger partial charge in [0.1, 0.15) is 0 Å². The Morgan fingerprint density at radius 3 is 2.67 bits per heavy atom. The summed E-state index contributed by atoms with van der Waals surface area (Å²) in [4.78, 5) is 0. The van der Waals surface area contributed by atoms with E-state index in [1.807, 2.05) is 19.1 Å². The highest BCUT2D eigenvalue weighted by molar-refractivity contribution is 9.10. The third kappa shape index (κ3) is 2.53. The number of rotatable bonds is 1. The summed E-state index contributed by atoms with van der Waals surface area (Å²) < 4.78 is 2.87. The summed E-state index contributed by atoms with van der Waals surface area (Å²) in [7, 11) is 0. The molecular weight excluding hydrogens is 380 g/mol. The van der Waals surface area contributed by atoms with Crippen LogP contribution in [-0.4, -0.2) is 26.3 Å². The molecule has 2 heterocycles. The molecule has 0 aliphatic carbocycles. The Kier molecular flexibility index (Phi) is 4.24. The smallest absolute Gasteiger partial charge is 0.212 e. The molecule has 1 aromatic carbocycles. The fourth-order valence-electron chi connectivity index (χ4n) is 1.61. The first-order valence-electron chi connectivity index (χ1n) is 5.12. The van der Waals surface area contributed by atoms with Crippen molar-refractivity contribution in [3.63, 3.8) is 0 Å². The zero-order valence-corrected chi connectivity index (χ0v) is 13.5. The molecule has 18 heavy (non-hydrogen) atoms. The maximum Gasteiger partial charge on any atom is 0.212 e. The summed E-state index contributed by atoms with van der Waals surface area (Å²) in [5.41, 5.74) is 2.19. The first-order valence-corrected chi connectivity index (χ1v) is 6.90. The lowest BCUT2D eigenvalue weighted by Crippen LogP contribution is -3.00. The number of benzene rings is 1. The molecule has 3 rings (SSSR count). The Bertz CT molecular complexity index is 592. The molecule has 1 aliphatic rings. The van der Waals surface area contributed by atoms with Crippen LogP contribution in [0.1, 0.15) is 11.4 Å². The average molecular weight is 389 g/mol. The summed E-state index contributed by atoms with van der Waals surface area (Å²) in [6.07, 6.45) is 0. The molecular formula is C11H9Br2N4S-. The van der Waals surface area contributed by atoms with Gasteiger partial charge in [-0.15, -0.1) is 10.2 Å². The highest BCUT2D eigenvalue weighted by atomic mass is 79.9. The van der Waals surface area contributed by atoms with Crippen molar-refractivity contribution in [2.45, 2.75) is 12.1 Å². The Labute approximate surface area is 128 Å². The standard InChI is InChI=1S/C11H9BrN4S.BrH/c1-7-13-14-11-16(7)15-10(6-17-11)8-2-4-9(12)5-3-8;/h2-5H,6H2,1H3;1H/p-1. The van der Waals surface area contributed by atoms with Crippen molar-refractivity contribution in [3.05, 3.63) is 40.1 Å². The van der Waals surface area contributed by atoms with Crippen LogP contribution in [0.3, 0.4) is 0 Å². The quantitative estimate of drug-likeness (QED) is 0.674. The highest BCUT2D eigenvalue weighted by Crippen LogP contribution is 2.24. The zero-order chi connectivity index (χ0) is 11.8. The molecule has 0 N–H and O–H groups in total. The van der Waals surface area contributed by atoms with Crippen LogP contribution in [0.5, 0.6) is 0 Å². The fraction of sp³-hybridized carbons (Fsp3) is 0.182. The summed E-state index contributed by atoms with van der Waals surface area (Å²) in [6.45, 7) is 1.91. The topological polar surface area (TPSA) is 43.1 Å². The number of aryl methyl sites for hydroxylation is 1. The van der Waals surface area contributed by atoms with Gasteiger partial charge in [-0.05, 0) is 24.6 Å². The van der Waals surface area contributed by atoms with E-state index < -0.39 is 0 Å². The minimum Gasteiger partial charge on any atom is -1.00 e. The van der Waals surface area contributed by atoms with Gasteiger partial charge < -0.3 is 17.0 Å². The van der Waals surface area contributed by atoms with Crippen molar-refractivity contribution in [2.24, 2.45) is 5.10 Å². The summed E-state index contributed by atoms with van der Waals surface area (Å²) in [5.74, 6) is 1.65. The first kappa shape index (κ1) is 13.8. The molecule has 0 fully saturated rings. The lowest BCUT2D eigenvalue weighted by Gasteiger charge is -2.12. The van der Waals surface area contributed by atoms with Crippen molar-refractivity contribution < 1.29 is 17.0 Å². The van der Waals surface area contributed by atoms with Gasteiger partial charge in [-0.25, -0.2) is 0 Å². The van der Waals surface area contributed by atoms with Gasteiger partial charge in [-0.2, -0.15) is 9.78 Å². The van der Waals surface area contributed by atoms with Gasteiger partial charge in [0.05, 0.1) is 5.71 Å². The molecule has 2 aromatic rings. The van der Waals surface area contributed by atoms with Crippen molar-refractivity contribution >= 4 is 33.4 Å². The Hall–Kier alpha value is -0.660. The van der Waals surface area contributed by atoms with Gasteiger partial charge in [-0.3, -0.25) is 0 Å². The van der Waals surface area contributed by atoms with Crippen LogP contribution < -0.4 is 17.0 Å². The van der Waals surface area contributed by atoms with E-state index in [2.05, 4.69) is 43.4 Å². The molecule has 7 heteroatoms. The molecule has 1 aliphatic heterocycles. The van der Waals surface area contributed by atoms with Gasteiger partial charge >= 0.3 is 0 Å². The third-order valence-electron chi connectivity index (χ3n) is 2.50. The normalized spacial score (nSPS) is 13.6. The minimum absolute atomic E-state index is 0. The van der Waals surface area contributed by atoms with Crippen LogP contribution >= 0.6 is 27.7 Å². The van der Waals surface area contributed by atoms with E-state index in [0.717, 1.165) is 32.5 Å². The minimum atomic E-state index is 0. The molecule has 4 nitrogen and oxygen atoms in total. The number of aromatic nitrogens is 3. The van der Waals surface area contributed by atoms with Gasteiger partial charge in [0, 0.05) is 10.2 Å². The summed E-state index contributed by atoms with van der Waals surface area (Å²) in [5, 5.41) is 13.5. The molecule has 0 bridgehead atoms. The molecule has 94 valence electrons. The monoisotopic (exact) mass is 387 g/mol. The van der Waals surface area contributed by atoms with Crippen molar-refractivity contribution in [2.75, 3.05) is 5.75 Å². The van der Waals surface area contributed by atoms with E-state index in [1.165, 1.54) is 0 Å². The van der Waals surface area contributed by atoms with Gasteiger partial charge in [-0.1, -0.05) is 39.8 Å². The van der Waals surface area contributed by atoms with Crippen LogP contribution in [0.2, 0.25) is 0 Å². The first-order chi connectivity index (χ1) is 8.24. The average Bonchev–Trinajstić information content (AvgIpc) is 2.72. The maximum absolute atomic E-state index is 4.58. The van der Waals surface area contributed by atoms with Gasteiger partial charge in [0.2, 0.25) is 5.16 Å². The predicted octanol–water partition coefficient (Wildman–Crippen LogP) is -0.289. The maximum atomic E-state index is 4.58. The lowest BCUT2D eigenvalue weighted by molar-refractivity contribution is -0.00000346. The molecule has 1 aromatic heterocycles. The number of nitrogens with zero attached hydrogens (tertiary/aromatic N) is 4. The van der Waals surface area contributed by atoms with Crippen LogP contribution in [0.15, 0.2) is 39.0 Å². The van der Waals surface area contributed by atoms with Crippen LogP contribution in [0, 0.1) is 6.92 Å². The van der Waals surface area contributed by atoms with Crippen molar-refractivity contribution in [1.82, 2.24) is 14.9 Å². The van der Waals surface area contributed by atoms with E-state index in [4.69, 9.17) is 0 Å². The van der Waals surface area contributed by atoms with E-state index in [9.17, 15) is 0 Å². The highest BCUT2D eigenvalue weighted by Gasteiger charge is 2.17. The molecule has 0 saturated heterocycles. The molecule has 0 spiro atoms. The number of hydrogen-bond donors (Lipinski definition) is 0. The Balaban J connectivity index is 0.00000120. The van der Waals surface area contributed by atoms with Crippen molar-refractivity contribution in [1.29, 1.82) is 0 Å². The Morgan fingerprint density at radius 1 is 1.22 bits per heavy atom. The second kappa shape index (κ2) is 5.54. The SMILES string of the molecule is Cc1nnc2n1N=C(c1ccc(Br)cc1)CS2.[Br-]. The van der Waals surface area contributed by atoms with E-state index in [-0.39, 0.29) is 17.0 Å². The van der Waals surface area contributed by atoms with Gasteiger partial charge in [0.25, 0.3) is 0 Å². The molecule has 0 atom stereocenters. The van der Waals surface area contributed by atoms with E-state index in [1.54, 1.807) is 16.4 Å². The molecule has 0 unspecified atom stereocenters. The predicted molar refractivity (Wildman–Crippen MR) is 71.6 cm³/mol. The molecule has 0 radical (unpaired) electrons. The second-order valence-electron chi connectivity index (χ2n) is 3.68. The molecule has 0 amide bonds. The number of hydrogen-bond acceptors (Lipinski definition) is 4. The van der Waals surface area contributed by atoms with E-state index >= 15 is 0 Å². The lowest BCUT2D eigenvalue weighted by atomic mass is 10.1. The van der Waals surface area contributed by atoms with Crippen LogP contribution in [0.4, 0.5) is 0 Å². The van der Waals surface area contributed by atoms with Crippen molar-refractivity contribution in [3.8, 4) is 0 Å². The van der Waals surface area contributed by atoms with Gasteiger partial charge in [0.15, 0.2) is 5.82 Å². The van der Waals surface area contributed by atoms with Crippen LogP contribution in [-0.2, 0) is 0 Å². The number of thioether (sulfide) groups is 1. The summed E-state index contributed by atoms with van der Waals surface area (Å²) in [6, 6.07) is 8.18. The second-order valence-corrected chi connectivity index (χ2v) is 5.54. The largest absolute Gasteiger partial charge is 1.00 e. The third-order valence-corrected chi connectivity index (χ3v) is 3.96. The Morgan fingerprint density at radius 2 is 1.94 bits per heavy atom. The number of halogens is 2. The fourth-order valence-corrected chi connectivity index (χ4v) is 2.76. The van der Waals surface area contributed by atoms with Crippen LogP contribution in [0.25, 0.3) is 0 Å². The zero-order valence-electron chi connectivity index (χ0n) is 9.47. The van der Waals surface area contributed by atoms with E-state index in [0.29, 0.717) is 0 Å².